The molecule has 0 amide bonds. The minimum absolute atomic E-state index is 0.100. The second kappa shape index (κ2) is 7.25. The van der Waals surface area contributed by atoms with E-state index in [2.05, 4.69) is 43.0 Å². The van der Waals surface area contributed by atoms with E-state index in [1.54, 1.807) is 7.11 Å². The van der Waals surface area contributed by atoms with Crippen LogP contribution >= 0.6 is 0 Å². The molecule has 1 aromatic rings. The van der Waals surface area contributed by atoms with Gasteiger partial charge in [0.1, 0.15) is 5.75 Å². The molecule has 118 valence electrons. The SMILES string of the molecule is COc1ccc(C(C(C)N)N(C)C2CCN(C)CC2)cc1. The third kappa shape index (κ3) is 3.96. The largest absolute Gasteiger partial charge is 0.497 e. The molecule has 0 bridgehead atoms. The summed E-state index contributed by atoms with van der Waals surface area (Å²) in [6.07, 6.45) is 2.43. The van der Waals surface area contributed by atoms with Gasteiger partial charge in [0, 0.05) is 18.1 Å². The van der Waals surface area contributed by atoms with Gasteiger partial charge in [-0.25, -0.2) is 0 Å². The quantitative estimate of drug-likeness (QED) is 0.902. The first kappa shape index (κ1) is 16.3. The van der Waals surface area contributed by atoms with E-state index >= 15 is 0 Å². The van der Waals surface area contributed by atoms with Gasteiger partial charge in [0.05, 0.1) is 7.11 Å². The number of nitrogens with zero attached hydrogens (tertiary/aromatic N) is 2. The van der Waals surface area contributed by atoms with Crippen LogP contribution in [-0.2, 0) is 0 Å². The van der Waals surface area contributed by atoms with Gasteiger partial charge in [-0.3, -0.25) is 4.90 Å². The van der Waals surface area contributed by atoms with Crippen molar-refractivity contribution in [3.05, 3.63) is 29.8 Å². The lowest BCUT2D eigenvalue weighted by atomic mass is 9.95. The van der Waals surface area contributed by atoms with Gasteiger partial charge in [0.2, 0.25) is 0 Å². The van der Waals surface area contributed by atoms with Gasteiger partial charge in [0.25, 0.3) is 0 Å². The first-order valence-electron chi connectivity index (χ1n) is 7.83. The summed E-state index contributed by atoms with van der Waals surface area (Å²) in [5.74, 6) is 0.893. The van der Waals surface area contributed by atoms with E-state index < -0.39 is 0 Å². The Bertz CT molecular complexity index is 424. The van der Waals surface area contributed by atoms with Crippen molar-refractivity contribution in [1.82, 2.24) is 9.80 Å². The van der Waals surface area contributed by atoms with Gasteiger partial charge in [-0.1, -0.05) is 12.1 Å². The number of hydrogen-bond donors (Lipinski definition) is 1. The molecule has 1 heterocycles. The summed E-state index contributed by atoms with van der Waals surface area (Å²) in [5.41, 5.74) is 7.56. The monoisotopic (exact) mass is 291 g/mol. The fraction of sp³-hybridized carbons (Fsp3) is 0.647. The highest BCUT2D eigenvalue weighted by Crippen LogP contribution is 2.29. The first-order valence-corrected chi connectivity index (χ1v) is 7.83. The molecule has 21 heavy (non-hydrogen) atoms. The number of methoxy groups -OCH3 is 1. The highest BCUT2D eigenvalue weighted by Gasteiger charge is 2.29. The molecule has 0 spiro atoms. The van der Waals surface area contributed by atoms with Crippen molar-refractivity contribution in [3.8, 4) is 5.75 Å². The predicted octanol–water partition coefficient (Wildman–Crippen LogP) is 2.11. The summed E-state index contributed by atoms with van der Waals surface area (Å²) in [4.78, 5) is 4.87. The number of piperidine rings is 1. The van der Waals surface area contributed by atoms with Crippen LogP contribution in [0.1, 0.15) is 31.4 Å². The van der Waals surface area contributed by atoms with Crippen molar-refractivity contribution in [2.24, 2.45) is 5.73 Å². The van der Waals surface area contributed by atoms with Gasteiger partial charge < -0.3 is 15.4 Å². The number of benzene rings is 1. The molecule has 1 fully saturated rings. The molecule has 2 rings (SSSR count). The summed E-state index contributed by atoms with van der Waals surface area (Å²) < 4.78 is 5.25. The maximum absolute atomic E-state index is 6.29. The van der Waals surface area contributed by atoms with Crippen LogP contribution in [0.3, 0.4) is 0 Å². The zero-order valence-corrected chi connectivity index (χ0v) is 13.7. The molecule has 1 saturated heterocycles. The van der Waals surface area contributed by atoms with Crippen LogP contribution in [0.2, 0.25) is 0 Å². The average Bonchev–Trinajstić information content (AvgIpc) is 2.48. The molecule has 4 heteroatoms. The van der Waals surface area contributed by atoms with E-state index in [-0.39, 0.29) is 12.1 Å². The average molecular weight is 291 g/mol. The molecule has 2 atom stereocenters. The zero-order chi connectivity index (χ0) is 15.4. The smallest absolute Gasteiger partial charge is 0.118 e. The van der Waals surface area contributed by atoms with E-state index in [4.69, 9.17) is 10.5 Å². The Morgan fingerprint density at radius 3 is 2.29 bits per heavy atom. The van der Waals surface area contributed by atoms with E-state index in [9.17, 15) is 0 Å². The van der Waals surface area contributed by atoms with Gasteiger partial charge in [-0.2, -0.15) is 0 Å². The van der Waals surface area contributed by atoms with Crippen molar-refractivity contribution in [2.75, 3.05) is 34.3 Å². The van der Waals surface area contributed by atoms with E-state index in [1.807, 2.05) is 12.1 Å². The topological polar surface area (TPSA) is 41.7 Å². The Labute approximate surface area is 128 Å². The van der Waals surface area contributed by atoms with E-state index in [0.717, 1.165) is 5.75 Å². The van der Waals surface area contributed by atoms with Crippen LogP contribution in [-0.4, -0.2) is 56.2 Å². The molecule has 0 saturated carbocycles. The molecule has 0 aliphatic carbocycles. The van der Waals surface area contributed by atoms with E-state index in [1.165, 1.54) is 31.5 Å². The Kier molecular flexibility index (Phi) is 5.62. The Morgan fingerprint density at radius 1 is 1.24 bits per heavy atom. The van der Waals surface area contributed by atoms with Crippen LogP contribution < -0.4 is 10.5 Å². The molecule has 2 unspecified atom stereocenters. The lowest BCUT2D eigenvalue weighted by molar-refractivity contribution is 0.0969. The van der Waals surface area contributed by atoms with Crippen molar-refractivity contribution in [3.63, 3.8) is 0 Å². The molecule has 4 nitrogen and oxygen atoms in total. The first-order chi connectivity index (χ1) is 10.0. The van der Waals surface area contributed by atoms with Crippen molar-refractivity contribution >= 4 is 0 Å². The third-order valence-electron chi connectivity index (χ3n) is 4.66. The van der Waals surface area contributed by atoms with Gasteiger partial charge >= 0.3 is 0 Å². The maximum Gasteiger partial charge on any atom is 0.118 e. The Balaban J connectivity index is 2.13. The lowest BCUT2D eigenvalue weighted by Crippen LogP contribution is -2.47. The minimum atomic E-state index is 0.100. The maximum atomic E-state index is 6.29. The summed E-state index contributed by atoms with van der Waals surface area (Å²) in [7, 11) is 6.11. The number of hydrogen-bond acceptors (Lipinski definition) is 4. The minimum Gasteiger partial charge on any atom is -0.497 e. The second-order valence-corrected chi connectivity index (χ2v) is 6.28. The normalized spacial score (nSPS) is 20.5. The van der Waals surface area contributed by atoms with Crippen LogP contribution in [0.25, 0.3) is 0 Å². The number of likely N-dealkylation sites (N-methyl/N-ethyl adjacent to an activating group) is 1. The Morgan fingerprint density at radius 2 is 1.81 bits per heavy atom. The fourth-order valence-corrected chi connectivity index (χ4v) is 3.34. The Hall–Kier alpha value is -1.10. The van der Waals surface area contributed by atoms with Gasteiger partial charge in [0.15, 0.2) is 0 Å². The molecule has 2 N–H and O–H groups in total. The predicted molar refractivity (Wildman–Crippen MR) is 87.7 cm³/mol. The summed E-state index contributed by atoms with van der Waals surface area (Å²) in [5, 5.41) is 0. The number of ether oxygens (including phenoxy) is 1. The number of nitrogens with two attached hydrogens (primary N) is 1. The van der Waals surface area contributed by atoms with Crippen molar-refractivity contribution in [1.29, 1.82) is 0 Å². The van der Waals surface area contributed by atoms with Crippen molar-refractivity contribution in [2.45, 2.75) is 37.9 Å². The van der Waals surface area contributed by atoms with Crippen LogP contribution in [0, 0.1) is 0 Å². The van der Waals surface area contributed by atoms with Crippen LogP contribution in [0.4, 0.5) is 0 Å². The fourth-order valence-electron chi connectivity index (χ4n) is 3.34. The highest BCUT2D eigenvalue weighted by molar-refractivity contribution is 5.30. The third-order valence-corrected chi connectivity index (χ3v) is 4.66. The number of likely N-dealkylation sites (tertiary alicyclic amines) is 1. The molecule has 1 aliphatic heterocycles. The molecular formula is C17H29N3O. The van der Waals surface area contributed by atoms with Gasteiger partial charge in [-0.05, 0) is 64.6 Å². The van der Waals surface area contributed by atoms with Crippen LogP contribution in [0.5, 0.6) is 5.75 Å². The zero-order valence-electron chi connectivity index (χ0n) is 13.7. The lowest BCUT2D eigenvalue weighted by Gasteiger charge is -2.41. The molecule has 0 aromatic heterocycles. The van der Waals surface area contributed by atoms with Gasteiger partial charge in [-0.15, -0.1) is 0 Å². The summed E-state index contributed by atoms with van der Waals surface area (Å²) in [6, 6.07) is 9.28. The standard InChI is InChI=1S/C17H29N3O/c1-13(18)17(14-5-7-16(21-4)8-6-14)20(3)15-9-11-19(2)12-10-15/h5-8,13,15,17H,9-12,18H2,1-4H3. The number of rotatable bonds is 5. The summed E-state index contributed by atoms with van der Waals surface area (Å²) in [6.45, 7) is 4.44. The second-order valence-electron chi connectivity index (χ2n) is 6.28. The van der Waals surface area contributed by atoms with Crippen molar-refractivity contribution < 1.29 is 4.74 Å². The molecule has 0 radical (unpaired) electrons. The summed E-state index contributed by atoms with van der Waals surface area (Å²) >= 11 is 0. The van der Waals surface area contributed by atoms with Crippen LogP contribution in [0.15, 0.2) is 24.3 Å². The molecule has 1 aromatic carbocycles. The highest BCUT2D eigenvalue weighted by atomic mass is 16.5. The molecule has 1 aliphatic rings. The van der Waals surface area contributed by atoms with E-state index in [0.29, 0.717) is 6.04 Å². The molecular weight excluding hydrogens is 262 g/mol.